The van der Waals surface area contributed by atoms with Gasteiger partial charge in [0.05, 0.1) is 28.6 Å². The lowest BCUT2D eigenvalue weighted by atomic mass is 10.2. The van der Waals surface area contributed by atoms with Gasteiger partial charge in [0.15, 0.2) is 6.61 Å². The van der Waals surface area contributed by atoms with Gasteiger partial charge >= 0.3 is 11.9 Å². The summed E-state index contributed by atoms with van der Waals surface area (Å²) in [7, 11) is 0. The van der Waals surface area contributed by atoms with Crippen LogP contribution in [-0.4, -0.2) is 36.0 Å². The fourth-order valence-corrected chi connectivity index (χ4v) is 2.90. The molecule has 0 atom stereocenters. The van der Waals surface area contributed by atoms with Gasteiger partial charge in [-0.3, -0.25) is 4.79 Å². The Morgan fingerprint density at radius 3 is 2.48 bits per heavy atom. The standard InChI is InChI=1S/C17H18N2O5S/c1-4-23-16(21)12-7-5-6-8-13(12)19-14(20)9-24-17(22)15-10(2)18-11(3)25-15/h5-8H,4,9H2,1-3H3,(H,19,20). The molecule has 7 nitrogen and oxygen atoms in total. The molecule has 0 bridgehead atoms. The Balaban J connectivity index is 1.98. The molecule has 0 aliphatic carbocycles. The van der Waals surface area contributed by atoms with Gasteiger partial charge in [0.25, 0.3) is 5.91 Å². The van der Waals surface area contributed by atoms with Crippen LogP contribution in [0.5, 0.6) is 0 Å². The molecule has 1 N–H and O–H groups in total. The van der Waals surface area contributed by atoms with Crippen LogP contribution in [0.15, 0.2) is 24.3 Å². The number of esters is 2. The molecule has 0 aliphatic rings. The van der Waals surface area contributed by atoms with Crippen LogP contribution in [0, 0.1) is 13.8 Å². The lowest BCUT2D eigenvalue weighted by molar-refractivity contribution is -0.119. The first-order valence-corrected chi connectivity index (χ1v) is 8.41. The highest BCUT2D eigenvalue weighted by Crippen LogP contribution is 2.19. The van der Waals surface area contributed by atoms with Gasteiger partial charge < -0.3 is 14.8 Å². The summed E-state index contributed by atoms with van der Waals surface area (Å²) in [6.45, 7) is 4.95. The number of thiazole rings is 1. The first-order valence-electron chi connectivity index (χ1n) is 7.59. The monoisotopic (exact) mass is 362 g/mol. The zero-order valence-corrected chi connectivity index (χ0v) is 14.9. The van der Waals surface area contributed by atoms with Gasteiger partial charge in [-0.2, -0.15) is 0 Å². The number of anilines is 1. The normalized spacial score (nSPS) is 10.2. The second-order valence-electron chi connectivity index (χ2n) is 5.04. The predicted octanol–water partition coefficient (Wildman–Crippen LogP) is 2.73. The summed E-state index contributed by atoms with van der Waals surface area (Å²) in [5.41, 5.74) is 1.10. The van der Waals surface area contributed by atoms with Crippen molar-refractivity contribution in [3.63, 3.8) is 0 Å². The van der Waals surface area contributed by atoms with Crippen LogP contribution in [0.4, 0.5) is 5.69 Å². The van der Waals surface area contributed by atoms with Crippen LogP contribution in [0.3, 0.4) is 0 Å². The number of hydrogen-bond donors (Lipinski definition) is 1. The van der Waals surface area contributed by atoms with E-state index in [1.807, 2.05) is 0 Å². The van der Waals surface area contributed by atoms with E-state index in [1.54, 1.807) is 45.0 Å². The summed E-state index contributed by atoms with van der Waals surface area (Å²) >= 11 is 1.21. The van der Waals surface area contributed by atoms with Crippen molar-refractivity contribution >= 4 is 34.9 Å². The Labute approximate surface area is 149 Å². The average Bonchev–Trinajstić information content (AvgIpc) is 2.92. The van der Waals surface area contributed by atoms with Crippen molar-refractivity contribution < 1.29 is 23.9 Å². The minimum atomic E-state index is -0.600. The third-order valence-electron chi connectivity index (χ3n) is 3.12. The van der Waals surface area contributed by atoms with Crippen molar-refractivity contribution in [3.05, 3.63) is 45.4 Å². The van der Waals surface area contributed by atoms with Crippen molar-refractivity contribution in [1.82, 2.24) is 4.98 Å². The first kappa shape index (κ1) is 18.6. The van der Waals surface area contributed by atoms with E-state index in [9.17, 15) is 14.4 Å². The van der Waals surface area contributed by atoms with E-state index in [1.165, 1.54) is 11.3 Å². The molecule has 0 radical (unpaired) electrons. The maximum absolute atomic E-state index is 12.0. The molecule has 0 saturated heterocycles. The summed E-state index contributed by atoms with van der Waals surface area (Å²) in [6.07, 6.45) is 0. The zero-order chi connectivity index (χ0) is 18.4. The van der Waals surface area contributed by atoms with Crippen molar-refractivity contribution in [2.24, 2.45) is 0 Å². The molecular weight excluding hydrogens is 344 g/mol. The SMILES string of the molecule is CCOC(=O)c1ccccc1NC(=O)COC(=O)c1sc(C)nc1C. The van der Waals surface area contributed by atoms with Gasteiger partial charge in [-0.1, -0.05) is 12.1 Å². The number of para-hydroxylation sites is 1. The number of carbonyl (C=O) groups excluding carboxylic acids is 3. The van der Waals surface area contributed by atoms with Crippen LogP contribution < -0.4 is 5.32 Å². The molecule has 0 aliphatic heterocycles. The van der Waals surface area contributed by atoms with Crippen LogP contribution in [0.1, 0.15) is 37.7 Å². The summed E-state index contributed by atoms with van der Waals surface area (Å²) in [6, 6.07) is 6.45. The number of aryl methyl sites for hydroxylation is 2. The van der Waals surface area contributed by atoms with Crippen molar-refractivity contribution in [1.29, 1.82) is 0 Å². The number of hydrogen-bond acceptors (Lipinski definition) is 7. The highest BCUT2D eigenvalue weighted by atomic mass is 32.1. The number of benzene rings is 1. The summed E-state index contributed by atoms with van der Waals surface area (Å²) in [5.74, 6) is -1.69. The Bertz CT molecular complexity index is 800. The predicted molar refractivity (Wildman–Crippen MR) is 92.9 cm³/mol. The molecule has 1 amide bonds. The Morgan fingerprint density at radius 2 is 1.84 bits per heavy atom. The number of amides is 1. The molecular formula is C17H18N2O5S. The number of aromatic nitrogens is 1. The molecule has 0 fully saturated rings. The van der Waals surface area contributed by atoms with Gasteiger partial charge in [-0.25, -0.2) is 14.6 Å². The molecule has 2 aromatic rings. The third kappa shape index (κ3) is 4.87. The van der Waals surface area contributed by atoms with Crippen LogP contribution in [0.2, 0.25) is 0 Å². The largest absolute Gasteiger partial charge is 0.462 e. The number of nitrogens with one attached hydrogen (secondary N) is 1. The van der Waals surface area contributed by atoms with Crippen LogP contribution in [0.25, 0.3) is 0 Å². The van der Waals surface area contributed by atoms with E-state index < -0.39 is 24.5 Å². The van der Waals surface area contributed by atoms with Crippen molar-refractivity contribution in [2.75, 3.05) is 18.5 Å². The summed E-state index contributed by atoms with van der Waals surface area (Å²) in [5, 5.41) is 3.29. The minimum absolute atomic E-state index is 0.229. The Morgan fingerprint density at radius 1 is 1.12 bits per heavy atom. The van der Waals surface area contributed by atoms with Gasteiger partial charge in [0, 0.05) is 0 Å². The fourth-order valence-electron chi connectivity index (χ4n) is 2.08. The third-order valence-corrected chi connectivity index (χ3v) is 4.17. The van der Waals surface area contributed by atoms with E-state index in [-0.39, 0.29) is 12.2 Å². The van der Waals surface area contributed by atoms with Gasteiger partial charge in [0.2, 0.25) is 0 Å². The lowest BCUT2D eigenvalue weighted by Crippen LogP contribution is -2.22. The fraction of sp³-hybridized carbons (Fsp3) is 0.294. The number of ether oxygens (including phenoxy) is 2. The molecule has 0 spiro atoms. The maximum Gasteiger partial charge on any atom is 0.350 e. The highest BCUT2D eigenvalue weighted by Gasteiger charge is 2.18. The van der Waals surface area contributed by atoms with E-state index in [0.29, 0.717) is 16.3 Å². The van der Waals surface area contributed by atoms with E-state index >= 15 is 0 Å². The van der Waals surface area contributed by atoms with E-state index in [4.69, 9.17) is 9.47 Å². The molecule has 0 unspecified atom stereocenters. The summed E-state index contributed by atoms with van der Waals surface area (Å²) < 4.78 is 9.95. The quantitative estimate of drug-likeness (QED) is 0.794. The van der Waals surface area contributed by atoms with Crippen LogP contribution >= 0.6 is 11.3 Å². The summed E-state index contributed by atoms with van der Waals surface area (Å²) in [4.78, 5) is 40.4. The number of rotatable bonds is 6. The molecule has 2 rings (SSSR count). The zero-order valence-electron chi connectivity index (χ0n) is 14.1. The van der Waals surface area contributed by atoms with Crippen LogP contribution in [-0.2, 0) is 14.3 Å². The van der Waals surface area contributed by atoms with Gasteiger partial charge in [-0.15, -0.1) is 11.3 Å². The van der Waals surface area contributed by atoms with Crippen molar-refractivity contribution in [3.8, 4) is 0 Å². The average molecular weight is 362 g/mol. The second kappa shape index (κ2) is 8.39. The minimum Gasteiger partial charge on any atom is -0.462 e. The number of nitrogens with zero attached hydrogens (tertiary/aromatic N) is 1. The topological polar surface area (TPSA) is 94.6 Å². The number of carbonyl (C=O) groups is 3. The molecule has 0 saturated carbocycles. The van der Waals surface area contributed by atoms with Gasteiger partial charge in [0.1, 0.15) is 4.88 Å². The first-order chi connectivity index (χ1) is 11.9. The lowest BCUT2D eigenvalue weighted by Gasteiger charge is -2.10. The Hall–Kier alpha value is -2.74. The van der Waals surface area contributed by atoms with Crippen molar-refractivity contribution in [2.45, 2.75) is 20.8 Å². The second-order valence-corrected chi connectivity index (χ2v) is 6.24. The molecule has 25 heavy (non-hydrogen) atoms. The molecule has 8 heteroatoms. The molecule has 1 heterocycles. The smallest absolute Gasteiger partial charge is 0.350 e. The highest BCUT2D eigenvalue weighted by molar-refractivity contribution is 7.13. The Kier molecular flexibility index (Phi) is 6.24. The molecule has 132 valence electrons. The van der Waals surface area contributed by atoms with E-state index in [2.05, 4.69) is 10.3 Å². The maximum atomic E-state index is 12.0. The van der Waals surface area contributed by atoms with E-state index in [0.717, 1.165) is 5.01 Å². The molecule has 1 aromatic carbocycles. The van der Waals surface area contributed by atoms with Gasteiger partial charge in [-0.05, 0) is 32.9 Å². The molecule has 1 aromatic heterocycles.